The highest BCUT2D eigenvalue weighted by molar-refractivity contribution is 7.19. The first-order valence-electron chi connectivity index (χ1n) is 29.8. The Morgan fingerprint density at radius 1 is 0.387 bits per heavy atom. The van der Waals surface area contributed by atoms with Crippen LogP contribution in [0.15, 0.2) is 121 Å². The predicted octanol–water partition coefficient (Wildman–Crippen LogP) is 22.7. The first-order chi connectivity index (χ1) is 36.9. The number of rotatable bonds is 29. The van der Waals surface area contributed by atoms with Crippen LogP contribution in [0.2, 0.25) is 0 Å². The number of aryl methyl sites for hydroxylation is 4. The van der Waals surface area contributed by atoms with Gasteiger partial charge in [0, 0.05) is 47.2 Å². The van der Waals surface area contributed by atoms with E-state index in [2.05, 4.69) is 163 Å². The highest BCUT2D eigenvalue weighted by Gasteiger charge is 2.42. The van der Waals surface area contributed by atoms with Gasteiger partial charge in [-0.05, 0) is 110 Å². The lowest BCUT2D eigenvalue weighted by atomic mass is 9.70. The molecule has 9 rings (SSSR count). The Balaban J connectivity index is 1.20. The molecule has 3 heterocycles. The summed E-state index contributed by atoms with van der Waals surface area (Å²) in [5, 5.41) is 0. The van der Waals surface area contributed by atoms with Gasteiger partial charge in [0.05, 0.1) is 22.4 Å². The zero-order valence-corrected chi connectivity index (χ0v) is 48.4. The number of nitrogens with zero attached hydrogens (tertiary/aromatic N) is 2. The zero-order chi connectivity index (χ0) is 52.0. The van der Waals surface area contributed by atoms with Gasteiger partial charge in [0.25, 0.3) is 0 Å². The maximum Gasteiger partial charge on any atom is 0.0988 e. The van der Waals surface area contributed by atoms with Crippen LogP contribution in [-0.2, 0) is 18.3 Å². The Labute approximate surface area is 460 Å². The molecule has 392 valence electrons. The van der Waals surface area contributed by atoms with Crippen molar-refractivity contribution in [3.8, 4) is 65.0 Å². The Bertz CT molecular complexity index is 3070. The van der Waals surface area contributed by atoms with Crippen LogP contribution in [0.1, 0.15) is 202 Å². The van der Waals surface area contributed by atoms with E-state index in [-0.39, 0.29) is 5.41 Å². The molecule has 0 radical (unpaired) electrons. The fraction of sp³-hybridized carbons (Fsp3) is 0.437. The van der Waals surface area contributed by atoms with Gasteiger partial charge in [-0.3, -0.25) is 0 Å². The highest BCUT2D eigenvalue weighted by atomic mass is 32.1. The molecular formula is C71H86N2S2. The van der Waals surface area contributed by atoms with Crippen LogP contribution in [0.5, 0.6) is 0 Å². The van der Waals surface area contributed by atoms with E-state index in [9.17, 15) is 0 Å². The number of hydrogen-bond donors (Lipinski definition) is 0. The monoisotopic (exact) mass is 1030 g/mol. The summed E-state index contributed by atoms with van der Waals surface area (Å²) >= 11 is 3.92. The van der Waals surface area contributed by atoms with Crippen LogP contribution in [0.3, 0.4) is 0 Å². The number of fused-ring (bicyclic) bond motifs is 4. The molecule has 0 atom stereocenters. The molecule has 8 aromatic rings. The molecule has 0 saturated heterocycles. The van der Waals surface area contributed by atoms with E-state index in [0.29, 0.717) is 0 Å². The van der Waals surface area contributed by atoms with Crippen LogP contribution in [0.25, 0.3) is 76.0 Å². The van der Waals surface area contributed by atoms with Gasteiger partial charge < -0.3 is 0 Å². The van der Waals surface area contributed by atoms with E-state index in [0.717, 1.165) is 46.4 Å². The number of aromatic nitrogens is 2. The summed E-state index contributed by atoms with van der Waals surface area (Å²) in [5.41, 5.74) is 20.3. The molecule has 1 aliphatic carbocycles. The van der Waals surface area contributed by atoms with Gasteiger partial charge in [-0.25, -0.2) is 9.97 Å². The summed E-state index contributed by atoms with van der Waals surface area (Å²) in [4.78, 5) is 17.0. The lowest BCUT2D eigenvalue weighted by Crippen LogP contribution is -2.25. The number of unbranched alkanes of at least 4 members (excludes halogenated alkanes) is 16. The molecule has 0 saturated carbocycles. The SMILES string of the molecule is CCCCCCCCC1(CCCCCCCC)c2cc(C)ccc2-c2ccc(-c3sc(-c4ccc(-c5cc(CCCCCC)c(C)s5)c5nc(-c6ccccc6)c(-c6ccccc6)nc45)cc3CCCCCC)cc21. The van der Waals surface area contributed by atoms with Gasteiger partial charge in [0.1, 0.15) is 0 Å². The summed E-state index contributed by atoms with van der Waals surface area (Å²) in [6, 6.07) is 46.4. The van der Waals surface area contributed by atoms with Gasteiger partial charge in [0.2, 0.25) is 0 Å². The largest absolute Gasteiger partial charge is 0.243 e. The third kappa shape index (κ3) is 12.7. The van der Waals surface area contributed by atoms with Crippen LogP contribution in [0.4, 0.5) is 0 Å². The first-order valence-corrected chi connectivity index (χ1v) is 31.4. The molecule has 0 fully saturated rings. The van der Waals surface area contributed by atoms with Crippen LogP contribution in [-0.4, -0.2) is 9.97 Å². The number of hydrogen-bond acceptors (Lipinski definition) is 4. The minimum Gasteiger partial charge on any atom is -0.243 e. The highest BCUT2D eigenvalue weighted by Crippen LogP contribution is 2.56. The van der Waals surface area contributed by atoms with Crippen molar-refractivity contribution in [1.82, 2.24) is 9.97 Å². The van der Waals surface area contributed by atoms with Gasteiger partial charge in [-0.1, -0.05) is 252 Å². The van der Waals surface area contributed by atoms with Crippen molar-refractivity contribution < 1.29 is 0 Å². The van der Waals surface area contributed by atoms with Gasteiger partial charge in [-0.2, -0.15) is 0 Å². The maximum absolute atomic E-state index is 5.83. The number of thiophene rings is 2. The topological polar surface area (TPSA) is 25.8 Å². The molecule has 0 amide bonds. The Kier molecular flexibility index (Phi) is 19.5. The number of benzene rings is 5. The zero-order valence-electron chi connectivity index (χ0n) is 46.7. The molecule has 0 aliphatic heterocycles. The molecule has 5 aromatic carbocycles. The second-order valence-electron chi connectivity index (χ2n) is 22.2. The predicted molar refractivity (Wildman–Crippen MR) is 330 cm³/mol. The van der Waals surface area contributed by atoms with E-state index in [4.69, 9.17) is 9.97 Å². The minimum atomic E-state index is 0.0328. The molecule has 0 bridgehead atoms. The van der Waals surface area contributed by atoms with Crippen molar-refractivity contribution in [2.24, 2.45) is 0 Å². The summed E-state index contributed by atoms with van der Waals surface area (Å²) in [7, 11) is 0. The molecule has 0 spiro atoms. The first kappa shape index (κ1) is 54.6. The molecule has 0 N–H and O–H groups in total. The van der Waals surface area contributed by atoms with E-state index in [1.54, 1.807) is 11.1 Å². The van der Waals surface area contributed by atoms with Crippen molar-refractivity contribution in [1.29, 1.82) is 0 Å². The average molecular weight is 1030 g/mol. The smallest absolute Gasteiger partial charge is 0.0988 e. The molecule has 75 heavy (non-hydrogen) atoms. The van der Waals surface area contributed by atoms with Crippen LogP contribution >= 0.6 is 22.7 Å². The van der Waals surface area contributed by atoms with Gasteiger partial charge in [0.15, 0.2) is 0 Å². The van der Waals surface area contributed by atoms with E-state index in [1.807, 2.05) is 22.7 Å². The molecule has 2 nitrogen and oxygen atoms in total. The fourth-order valence-electron chi connectivity index (χ4n) is 12.3. The van der Waals surface area contributed by atoms with Crippen LogP contribution < -0.4 is 0 Å². The molecule has 4 heteroatoms. The van der Waals surface area contributed by atoms with Gasteiger partial charge in [-0.15, -0.1) is 22.7 Å². The molecule has 3 aromatic heterocycles. The Morgan fingerprint density at radius 2 is 0.827 bits per heavy atom. The molecule has 0 unspecified atom stereocenters. The van der Waals surface area contributed by atoms with E-state index in [1.165, 1.54) is 205 Å². The minimum absolute atomic E-state index is 0.0328. The Morgan fingerprint density at radius 3 is 1.37 bits per heavy atom. The fourth-order valence-corrected chi connectivity index (χ4v) is 14.7. The Hall–Kier alpha value is -5.16. The lowest BCUT2D eigenvalue weighted by molar-refractivity contribution is 0.398. The maximum atomic E-state index is 5.83. The summed E-state index contributed by atoms with van der Waals surface area (Å²) in [6.45, 7) is 13.9. The van der Waals surface area contributed by atoms with E-state index < -0.39 is 0 Å². The van der Waals surface area contributed by atoms with Gasteiger partial charge >= 0.3 is 0 Å². The summed E-state index contributed by atoms with van der Waals surface area (Å²) in [6.07, 6.45) is 30.7. The summed E-state index contributed by atoms with van der Waals surface area (Å²) in [5.74, 6) is 0. The van der Waals surface area contributed by atoms with Crippen molar-refractivity contribution in [3.63, 3.8) is 0 Å². The third-order valence-electron chi connectivity index (χ3n) is 16.6. The van der Waals surface area contributed by atoms with E-state index >= 15 is 0 Å². The average Bonchev–Trinajstić information content (AvgIpc) is 4.14. The quantitative estimate of drug-likeness (QED) is 0.0437. The van der Waals surface area contributed by atoms with Crippen molar-refractivity contribution >= 4 is 33.7 Å². The third-order valence-corrected chi connectivity index (χ3v) is 19.0. The van der Waals surface area contributed by atoms with Crippen molar-refractivity contribution in [2.75, 3.05) is 0 Å². The van der Waals surface area contributed by atoms with Crippen molar-refractivity contribution in [2.45, 2.75) is 201 Å². The standard InChI is InChI=1S/C71H86N2S2/c1-7-11-15-19-21-31-45-71(46-32-22-20-16-12-8-2)62-47-51(5)39-41-58(62)59-42-40-57(48-63(59)71)70-56(38-26-18-14-10-4)50-65(75-70)61-44-43-60(64-49-55(52(6)74-64)37-25-17-13-9-3)68-69(61)73-67(54-35-29-24-30-36-54)66(72-68)53-33-27-23-28-34-53/h23-24,27-30,33-36,39-44,47-50H,7-22,25-26,31-32,37-38,45-46H2,1-6H3. The lowest BCUT2D eigenvalue weighted by Gasteiger charge is -2.33. The normalized spacial score (nSPS) is 12.7. The second-order valence-corrected chi connectivity index (χ2v) is 24.5. The molecule has 1 aliphatic rings. The second kappa shape index (κ2) is 26.7. The van der Waals surface area contributed by atoms with Crippen LogP contribution in [0, 0.1) is 13.8 Å². The molecular weight excluding hydrogens is 945 g/mol. The van der Waals surface area contributed by atoms with Crippen molar-refractivity contribution in [3.05, 3.63) is 154 Å². The summed E-state index contributed by atoms with van der Waals surface area (Å²) < 4.78 is 0.